The molecule has 3 aromatic rings. The summed E-state index contributed by atoms with van der Waals surface area (Å²) in [6, 6.07) is 18.4. The van der Waals surface area contributed by atoms with E-state index in [-0.39, 0.29) is 11.3 Å². The lowest BCUT2D eigenvalue weighted by Gasteiger charge is -2.27. The fraction of sp³-hybridized carbons (Fsp3) is 0.192. The zero-order valence-corrected chi connectivity index (χ0v) is 19.8. The van der Waals surface area contributed by atoms with Crippen molar-refractivity contribution < 1.29 is 45.1 Å². The Morgan fingerprint density at radius 1 is 0.821 bits per heavy atom. The molecule has 0 unspecified atom stereocenters. The van der Waals surface area contributed by atoms with Crippen LogP contribution < -0.4 is 15.5 Å². The van der Waals surface area contributed by atoms with Gasteiger partial charge >= 0.3 is 23.9 Å². The number of ether oxygens (including phenoxy) is 1. The van der Waals surface area contributed by atoms with Crippen LogP contribution in [0.1, 0.15) is 29.5 Å². The van der Waals surface area contributed by atoms with E-state index >= 15 is 0 Å². The number of alkyl halides is 7. The molecule has 2 amide bonds. The molecule has 0 radical (unpaired) electrons. The van der Waals surface area contributed by atoms with E-state index < -0.39 is 41.4 Å². The molecule has 0 spiro atoms. The van der Waals surface area contributed by atoms with Crippen LogP contribution in [0.15, 0.2) is 77.9 Å². The normalized spacial score (nSPS) is 14.1. The van der Waals surface area contributed by atoms with Gasteiger partial charge in [-0.05, 0) is 36.8 Å². The molecule has 3 aromatic carbocycles. The Labute approximate surface area is 216 Å². The molecule has 1 aliphatic heterocycles. The van der Waals surface area contributed by atoms with Gasteiger partial charge in [-0.15, -0.1) is 0 Å². The highest BCUT2D eigenvalue weighted by molar-refractivity contribution is 6.02. The third-order valence-electron chi connectivity index (χ3n) is 5.85. The number of anilines is 1. The molecule has 1 heterocycles. The van der Waals surface area contributed by atoms with Gasteiger partial charge in [-0.3, -0.25) is 9.59 Å². The summed E-state index contributed by atoms with van der Waals surface area (Å²) in [5, 5.41) is 5.37. The number of benzene rings is 3. The van der Waals surface area contributed by atoms with Crippen LogP contribution in [0.5, 0.6) is 11.5 Å². The largest absolute Gasteiger partial charge is 0.460 e. The van der Waals surface area contributed by atoms with Crippen molar-refractivity contribution in [2.75, 3.05) is 5.32 Å². The third kappa shape index (κ3) is 5.16. The van der Waals surface area contributed by atoms with Crippen molar-refractivity contribution in [3.8, 4) is 11.5 Å². The quantitative estimate of drug-likeness (QED) is 0.216. The van der Waals surface area contributed by atoms with Crippen molar-refractivity contribution in [2.24, 2.45) is 5.10 Å². The number of hydrogen-bond donors (Lipinski definition) is 2. The van der Waals surface area contributed by atoms with Gasteiger partial charge in [0.25, 0.3) is 5.91 Å². The van der Waals surface area contributed by atoms with Crippen LogP contribution in [0.3, 0.4) is 0 Å². The van der Waals surface area contributed by atoms with Gasteiger partial charge in [0.1, 0.15) is 11.5 Å². The first-order valence-electron chi connectivity index (χ1n) is 11.2. The highest BCUT2D eigenvalue weighted by Crippen LogP contribution is 2.47. The number of nitrogens with one attached hydrogen (secondary N) is 2. The summed E-state index contributed by atoms with van der Waals surface area (Å²) in [5.74, 6) is -15.9. The Morgan fingerprint density at radius 2 is 1.38 bits per heavy atom. The number of carbonyl (C=O) groups excluding carboxylic acids is 2. The van der Waals surface area contributed by atoms with Crippen LogP contribution in [0.4, 0.5) is 36.4 Å². The molecule has 0 aromatic heterocycles. The molecule has 0 saturated carbocycles. The Hall–Kier alpha value is -4.42. The molecule has 0 bridgehead atoms. The summed E-state index contributed by atoms with van der Waals surface area (Å²) in [7, 11) is 0. The minimum atomic E-state index is -6.65. The van der Waals surface area contributed by atoms with E-state index in [0.29, 0.717) is 22.6 Å². The zero-order chi connectivity index (χ0) is 28.6. The van der Waals surface area contributed by atoms with Crippen molar-refractivity contribution in [2.45, 2.75) is 30.9 Å². The van der Waals surface area contributed by atoms with E-state index in [1.165, 1.54) is 24.4 Å². The average Bonchev–Trinajstić information content (AvgIpc) is 2.89. The summed E-state index contributed by atoms with van der Waals surface area (Å²) in [5.41, 5.74) is 3.35. The Morgan fingerprint density at radius 3 is 1.95 bits per heavy atom. The molecule has 6 nitrogen and oxygen atoms in total. The number of nitrogens with zero attached hydrogens (tertiary/aromatic N) is 1. The number of hydrazone groups is 1. The Kier molecular flexibility index (Phi) is 7.11. The fourth-order valence-electron chi connectivity index (χ4n) is 3.81. The van der Waals surface area contributed by atoms with E-state index in [4.69, 9.17) is 4.74 Å². The topological polar surface area (TPSA) is 79.8 Å². The molecule has 0 aliphatic carbocycles. The molecule has 1 aliphatic rings. The Balaban J connectivity index is 1.53. The lowest BCUT2D eigenvalue weighted by molar-refractivity contribution is -0.343. The lowest BCUT2D eigenvalue weighted by atomic mass is 9.87. The highest BCUT2D eigenvalue weighted by atomic mass is 19.4. The molecule has 39 heavy (non-hydrogen) atoms. The van der Waals surface area contributed by atoms with E-state index in [1.807, 2.05) is 0 Å². The summed E-state index contributed by atoms with van der Waals surface area (Å²) in [6.45, 7) is 1.42. The summed E-state index contributed by atoms with van der Waals surface area (Å²) >= 11 is 0. The average molecular weight is 553 g/mol. The van der Waals surface area contributed by atoms with Crippen LogP contribution in [-0.4, -0.2) is 35.5 Å². The third-order valence-corrected chi connectivity index (χ3v) is 5.85. The van der Waals surface area contributed by atoms with Crippen LogP contribution in [-0.2, 0) is 9.59 Å². The maximum atomic E-state index is 13.7. The number of fused-ring (bicyclic) bond motifs is 2. The second-order valence-corrected chi connectivity index (χ2v) is 8.47. The number of hydrogen-bond acceptors (Lipinski definition) is 4. The van der Waals surface area contributed by atoms with Crippen molar-refractivity contribution in [1.29, 1.82) is 0 Å². The maximum absolute atomic E-state index is 13.7. The molecule has 13 heteroatoms. The Bertz CT molecular complexity index is 1410. The van der Waals surface area contributed by atoms with Crippen molar-refractivity contribution in [3.63, 3.8) is 0 Å². The summed E-state index contributed by atoms with van der Waals surface area (Å²) in [6.07, 6.45) is -6.65. The van der Waals surface area contributed by atoms with Gasteiger partial charge in [0, 0.05) is 16.8 Å². The number of halogens is 7. The molecule has 4 rings (SSSR count). The van der Waals surface area contributed by atoms with Crippen LogP contribution in [0, 0.1) is 0 Å². The van der Waals surface area contributed by atoms with Gasteiger partial charge in [0.2, 0.25) is 0 Å². The minimum Gasteiger partial charge on any atom is -0.457 e. The van der Waals surface area contributed by atoms with Crippen LogP contribution in [0.2, 0.25) is 0 Å². The number of para-hydroxylation sites is 2. The first kappa shape index (κ1) is 27.6. The van der Waals surface area contributed by atoms with E-state index in [9.17, 15) is 40.3 Å². The molecule has 0 fully saturated rings. The standard InChI is InChI=1S/C26H18F7N3O3/c1-14(15-7-6-8-16(13-15)34-23(38)24(27,28)25(29,30)26(31,32)33)35-36-22(37)21-17-9-2-4-11-19(17)39-20-12-5-3-10-18(20)21/h2-13,21H,1H3,(H,34,38)(H,36,37)/b35-14-. The summed E-state index contributed by atoms with van der Waals surface area (Å²) in [4.78, 5) is 24.8. The summed E-state index contributed by atoms with van der Waals surface area (Å²) < 4.78 is 96.7. The van der Waals surface area contributed by atoms with Crippen molar-refractivity contribution in [3.05, 3.63) is 89.5 Å². The van der Waals surface area contributed by atoms with Gasteiger partial charge in [0.05, 0.1) is 11.6 Å². The second-order valence-electron chi connectivity index (χ2n) is 8.47. The van der Waals surface area contributed by atoms with E-state index in [0.717, 1.165) is 12.1 Å². The molecule has 204 valence electrons. The predicted molar refractivity (Wildman–Crippen MR) is 126 cm³/mol. The SMILES string of the molecule is C/C(=N/NC(=O)C1c2ccccc2Oc2ccccc21)c1cccc(NC(=O)C(F)(F)C(F)(F)C(F)(F)F)c1. The number of amides is 2. The van der Waals surface area contributed by atoms with Gasteiger partial charge < -0.3 is 10.1 Å². The lowest BCUT2D eigenvalue weighted by Crippen LogP contribution is -2.57. The molecule has 0 saturated heterocycles. The van der Waals surface area contributed by atoms with Gasteiger partial charge in [-0.25, -0.2) is 5.43 Å². The van der Waals surface area contributed by atoms with Gasteiger partial charge in [0.15, 0.2) is 0 Å². The predicted octanol–water partition coefficient (Wildman–Crippen LogP) is 6.24. The first-order valence-corrected chi connectivity index (χ1v) is 11.2. The van der Waals surface area contributed by atoms with E-state index in [1.54, 1.807) is 48.5 Å². The molecule has 0 atom stereocenters. The van der Waals surface area contributed by atoms with Crippen molar-refractivity contribution >= 4 is 23.2 Å². The molecular formula is C26H18F7N3O3. The van der Waals surface area contributed by atoms with Crippen molar-refractivity contribution in [1.82, 2.24) is 5.43 Å². The fourth-order valence-corrected chi connectivity index (χ4v) is 3.81. The smallest absolute Gasteiger partial charge is 0.457 e. The van der Waals surface area contributed by atoms with Gasteiger partial charge in [-0.1, -0.05) is 48.5 Å². The van der Waals surface area contributed by atoms with Crippen LogP contribution in [0.25, 0.3) is 0 Å². The molecular weight excluding hydrogens is 535 g/mol. The number of carbonyl (C=O) groups is 2. The molecule has 2 N–H and O–H groups in total. The number of rotatable bonds is 6. The maximum Gasteiger partial charge on any atom is 0.460 e. The zero-order valence-electron chi connectivity index (χ0n) is 19.8. The monoisotopic (exact) mass is 553 g/mol. The van der Waals surface area contributed by atoms with E-state index in [2.05, 4.69) is 10.5 Å². The first-order chi connectivity index (χ1) is 18.2. The van der Waals surface area contributed by atoms with Crippen LogP contribution >= 0.6 is 0 Å². The van der Waals surface area contributed by atoms with Gasteiger partial charge in [-0.2, -0.15) is 35.8 Å². The minimum absolute atomic E-state index is 0.112. The second kappa shape index (κ2) is 10.0. The highest BCUT2D eigenvalue weighted by Gasteiger charge is 2.76.